The van der Waals surface area contributed by atoms with Crippen molar-refractivity contribution in [1.82, 2.24) is 9.78 Å². The molecule has 0 saturated heterocycles. The Kier molecular flexibility index (Phi) is 3.15. The number of nitro groups is 1. The minimum absolute atomic E-state index is 0.225. The van der Waals surface area contributed by atoms with Crippen LogP contribution < -0.4 is 5.32 Å². The molecule has 0 aliphatic carbocycles. The number of hydrogen-bond donors (Lipinski definition) is 2. The Hall–Kier alpha value is -2.90. The van der Waals surface area contributed by atoms with E-state index in [1.54, 1.807) is 19.3 Å². The number of hydrogen-bond acceptors (Lipinski definition) is 5. The second-order valence-electron chi connectivity index (χ2n) is 3.79. The molecule has 1 amide bonds. The van der Waals surface area contributed by atoms with Gasteiger partial charge in [-0.25, -0.2) is 0 Å². The van der Waals surface area contributed by atoms with Gasteiger partial charge in [-0.3, -0.25) is 19.6 Å². The second kappa shape index (κ2) is 4.77. The maximum Gasteiger partial charge on any atom is 0.282 e. The van der Waals surface area contributed by atoms with E-state index in [1.165, 1.54) is 4.68 Å². The number of amides is 1. The summed E-state index contributed by atoms with van der Waals surface area (Å²) in [5, 5.41) is 26.5. The minimum atomic E-state index is -0.707. The van der Waals surface area contributed by atoms with Crippen LogP contribution in [-0.4, -0.2) is 25.7 Å². The van der Waals surface area contributed by atoms with Gasteiger partial charge in [0.2, 0.25) is 0 Å². The van der Waals surface area contributed by atoms with Crippen molar-refractivity contribution in [3.8, 4) is 5.75 Å². The highest BCUT2D eigenvalue weighted by molar-refractivity contribution is 6.06. The lowest BCUT2D eigenvalue weighted by molar-refractivity contribution is -0.385. The van der Waals surface area contributed by atoms with Crippen LogP contribution in [0.15, 0.2) is 30.5 Å². The van der Waals surface area contributed by atoms with E-state index in [1.807, 2.05) is 0 Å². The molecule has 2 N–H and O–H groups in total. The number of aromatic nitrogens is 2. The molecule has 8 heteroatoms. The van der Waals surface area contributed by atoms with Gasteiger partial charge in [0, 0.05) is 25.4 Å². The van der Waals surface area contributed by atoms with Gasteiger partial charge in [0.1, 0.15) is 11.3 Å². The molecule has 2 aromatic rings. The quantitative estimate of drug-likeness (QED) is 0.639. The normalized spacial score (nSPS) is 10.2. The molecule has 2 rings (SSSR count). The van der Waals surface area contributed by atoms with Gasteiger partial charge in [0.25, 0.3) is 11.6 Å². The molecule has 0 fully saturated rings. The number of nitrogens with zero attached hydrogens (tertiary/aromatic N) is 3. The van der Waals surface area contributed by atoms with Gasteiger partial charge < -0.3 is 10.4 Å². The van der Waals surface area contributed by atoms with Crippen LogP contribution in [-0.2, 0) is 7.05 Å². The number of rotatable bonds is 3. The van der Waals surface area contributed by atoms with Crippen molar-refractivity contribution in [2.24, 2.45) is 7.05 Å². The third-order valence-corrected chi connectivity index (χ3v) is 2.38. The van der Waals surface area contributed by atoms with Gasteiger partial charge in [0.15, 0.2) is 5.82 Å². The zero-order valence-corrected chi connectivity index (χ0v) is 9.90. The molecule has 0 aliphatic heterocycles. The van der Waals surface area contributed by atoms with Crippen molar-refractivity contribution in [2.45, 2.75) is 0 Å². The first-order valence-electron chi connectivity index (χ1n) is 5.26. The molecule has 0 saturated carbocycles. The Morgan fingerprint density at radius 2 is 2.21 bits per heavy atom. The van der Waals surface area contributed by atoms with Crippen LogP contribution in [0.1, 0.15) is 10.4 Å². The molecule has 1 aromatic heterocycles. The molecular formula is C11H10N4O4. The number of aromatic hydroxyl groups is 1. The van der Waals surface area contributed by atoms with Crippen LogP contribution in [0.4, 0.5) is 11.5 Å². The highest BCUT2D eigenvalue weighted by atomic mass is 16.6. The van der Waals surface area contributed by atoms with E-state index in [-0.39, 0.29) is 22.8 Å². The summed E-state index contributed by atoms with van der Waals surface area (Å²) in [6.07, 6.45) is 1.62. The first-order chi connectivity index (χ1) is 8.97. The van der Waals surface area contributed by atoms with Crippen LogP contribution in [0.25, 0.3) is 0 Å². The second-order valence-corrected chi connectivity index (χ2v) is 3.79. The molecule has 0 radical (unpaired) electrons. The molecule has 0 unspecified atom stereocenters. The van der Waals surface area contributed by atoms with E-state index in [0.29, 0.717) is 0 Å². The van der Waals surface area contributed by atoms with Crippen molar-refractivity contribution < 1.29 is 14.8 Å². The summed E-state index contributed by atoms with van der Waals surface area (Å²) in [6.45, 7) is 0. The number of benzene rings is 1. The Balaban J connectivity index is 2.32. The fourth-order valence-corrected chi connectivity index (χ4v) is 1.53. The summed E-state index contributed by atoms with van der Waals surface area (Å²) in [4.78, 5) is 22.1. The van der Waals surface area contributed by atoms with Crippen LogP contribution in [0, 0.1) is 10.1 Å². The van der Waals surface area contributed by atoms with Gasteiger partial charge in [-0.05, 0) is 12.1 Å². The van der Waals surface area contributed by atoms with Gasteiger partial charge in [0.05, 0.1) is 4.92 Å². The van der Waals surface area contributed by atoms with Gasteiger partial charge in [-0.1, -0.05) is 0 Å². The molecule has 19 heavy (non-hydrogen) atoms. The molecular weight excluding hydrogens is 252 g/mol. The third-order valence-electron chi connectivity index (χ3n) is 2.38. The topological polar surface area (TPSA) is 110 Å². The SMILES string of the molecule is Cn1ccc(NC(=O)c2cc(O)ccc2[N+](=O)[O-])n1. The van der Waals surface area contributed by atoms with Crippen molar-refractivity contribution in [3.05, 3.63) is 46.1 Å². The minimum Gasteiger partial charge on any atom is -0.508 e. The largest absolute Gasteiger partial charge is 0.508 e. The van der Waals surface area contributed by atoms with Gasteiger partial charge in [-0.2, -0.15) is 5.10 Å². The van der Waals surface area contributed by atoms with Crippen LogP contribution in [0.2, 0.25) is 0 Å². The predicted molar refractivity (Wildman–Crippen MR) is 65.9 cm³/mol. The van der Waals surface area contributed by atoms with Crippen molar-refractivity contribution in [1.29, 1.82) is 0 Å². The van der Waals surface area contributed by atoms with Crippen molar-refractivity contribution >= 4 is 17.4 Å². The van der Waals surface area contributed by atoms with Crippen molar-refractivity contribution in [3.63, 3.8) is 0 Å². The Labute approximate surface area is 107 Å². The first kappa shape index (κ1) is 12.6. The number of nitro benzene ring substituents is 1. The maximum absolute atomic E-state index is 11.9. The smallest absolute Gasteiger partial charge is 0.282 e. The lowest BCUT2D eigenvalue weighted by atomic mass is 10.1. The summed E-state index contributed by atoms with van der Waals surface area (Å²) in [5.41, 5.74) is -0.609. The number of phenols is 1. The molecule has 0 spiro atoms. The molecule has 98 valence electrons. The summed E-state index contributed by atoms with van der Waals surface area (Å²) in [7, 11) is 1.67. The van der Waals surface area contributed by atoms with E-state index in [0.717, 1.165) is 18.2 Å². The number of nitrogens with one attached hydrogen (secondary N) is 1. The van der Waals surface area contributed by atoms with E-state index < -0.39 is 10.8 Å². The molecule has 8 nitrogen and oxygen atoms in total. The molecule has 1 heterocycles. The highest BCUT2D eigenvalue weighted by Crippen LogP contribution is 2.24. The standard InChI is InChI=1S/C11H10N4O4/c1-14-5-4-10(13-14)12-11(17)8-6-7(16)2-3-9(8)15(18)19/h2-6,16H,1H3,(H,12,13,17). The zero-order chi connectivity index (χ0) is 14.0. The van der Waals surface area contributed by atoms with Crippen LogP contribution >= 0.6 is 0 Å². The number of phenolic OH excluding ortho intramolecular Hbond substituents is 1. The zero-order valence-electron chi connectivity index (χ0n) is 9.90. The van der Waals surface area contributed by atoms with E-state index in [9.17, 15) is 20.0 Å². The van der Waals surface area contributed by atoms with Gasteiger partial charge in [-0.15, -0.1) is 0 Å². The van der Waals surface area contributed by atoms with Crippen molar-refractivity contribution in [2.75, 3.05) is 5.32 Å². The number of anilines is 1. The van der Waals surface area contributed by atoms with Gasteiger partial charge >= 0.3 is 0 Å². The Morgan fingerprint density at radius 3 is 2.79 bits per heavy atom. The lowest BCUT2D eigenvalue weighted by Crippen LogP contribution is -2.14. The van der Waals surface area contributed by atoms with Crippen LogP contribution in [0.3, 0.4) is 0 Å². The van der Waals surface area contributed by atoms with Crippen LogP contribution in [0.5, 0.6) is 5.75 Å². The molecule has 0 bridgehead atoms. The number of carbonyl (C=O) groups excluding carboxylic acids is 1. The molecule has 0 atom stereocenters. The first-order valence-corrected chi connectivity index (χ1v) is 5.26. The van der Waals surface area contributed by atoms with E-state index in [2.05, 4.69) is 10.4 Å². The summed E-state index contributed by atoms with van der Waals surface area (Å²) < 4.78 is 1.48. The summed E-state index contributed by atoms with van der Waals surface area (Å²) in [5.74, 6) is -0.664. The predicted octanol–water partition coefficient (Wildman–Crippen LogP) is 1.29. The number of carbonyl (C=O) groups is 1. The monoisotopic (exact) mass is 262 g/mol. The Morgan fingerprint density at radius 1 is 1.47 bits per heavy atom. The maximum atomic E-state index is 11.9. The van der Waals surface area contributed by atoms with E-state index in [4.69, 9.17) is 0 Å². The fraction of sp³-hybridized carbons (Fsp3) is 0.0909. The van der Waals surface area contributed by atoms with E-state index >= 15 is 0 Å². The number of aryl methyl sites for hydroxylation is 1. The lowest BCUT2D eigenvalue weighted by Gasteiger charge is -2.03. The average Bonchev–Trinajstić information content (AvgIpc) is 2.74. The fourth-order valence-electron chi connectivity index (χ4n) is 1.53. The summed E-state index contributed by atoms with van der Waals surface area (Å²) in [6, 6.07) is 4.81. The third kappa shape index (κ3) is 2.68. The summed E-state index contributed by atoms with van der Waals surface area (Å²) >= 11 is 0. The Bertz CT molecular complexity index is 650. The molecule has 0 aliphatic rings. The highest BCUT2D eigenvalue weighted by Gasteiger charge is 2.21. The molecule has 1 aromatic carbocycles. The average molecular weight is 262 g/mol.